The molecule has 0 radical (unpaired) electrons. The van der Waals surface area contributed by atoms with Crippen molar-refractivity contribution in [3.05, 3.63) is 22.4 Å². The fraction of sp³-hybridized carbons (Fsp3) is 0.667. The molecule has 0 spiro atoms. The zero-order valence-corrected chi connectivity index (χ0v) is 10.3. The van der Waals surface area contributed by atoms with Crippen LogP contribution in [-0.2, 0) is 4.74 Å². The minimum atomic E-state index is 0.154. The summed E-state index contributed by atoms with van der Waals surface area (Å²) in [6.45, 7) is 4.16. The van der Waals surface area contributed by atoms with E-state index < -0.39 is 0 Å². The van der Waals surface area contributed by atoms with Crippen LogP contribution in [0, 0.1) is 0 Å². The lowest BCUT2D eigenvalue weighted by atomic mass is 9.83. The molecule has 0 amide bonds. The predicted octanol–water partition coefficient (Wildman–Crippen LogP) is 2.62. The summed E-state index contributed by atoms with van der Waals surface area (Å²) in [5, 5.41) is 5.74. The standard InChI is InChI=1S/C12H19NOS/c1-12(9-14-2)8-10(5-6-13-12)11-4-3-7-15-11/h3-4,7,10,13H,5-6,8-9H2,1-2H3. The number of ether oxygens (including phenoxy) is 1. The van der Waals surface area contributed by atoms with Crippen LogP contribution in [0.2, 0.25) is 0 Å². The molecule has 0 aromatic carbocycles. The van der Waals surface area contributed by atoms with Crippen LogP contribution < -0.4 is 5.32 Å². The van der Waals surface area contributed by atoms with Gasteiger partial charge in [-0.2, -0.15) is 0 Å². The average molecular weight is 225 g/mol. The van der Waals surface area contributed by atoms with E-state index in [2.05, 4.69) is 29.8 Å². The van der Waals surface area contributed by atoms with E-state index in [9.17, 15) is 0 Å². The molecule has 1 N–H and O–H groups in total. The van der Waals surface area contributed by atoms with Gasteiger partial charge < -0.3 is 10.1 Å². The topological polar surface area (TPSA) is 21.3 Å². The smallest absolute Gasteiger partial charge is 0.0642 e. The van der Waals surface area contributed by atoms with E-state index >= 15 is 0 Å². The molecule has 2 rings (SSSR count). The summed E-state index contributed by atoms with van der Waals surface area (Å²) >= 11 is 1.88. The van der Waals surface area contributed by atoms with E-state index in [0.717, 1.165) is 13.2 Å². The van der Waals surface area contributed by atoms with E-state index in [-0.39, 0.29) is 5.54 Å². The molecule has 1 aliphatic rings. The Balaban J connectivity index is 2.04. The third-order valence-corrected chi connectivity index (χ3v) is 4.18. The minimum absolute atomic E-state index is 0.154. The van der Waals surface area contributed by atoms with Crippen molar-refractivity contribution in [1.29, 1.82) is 0 Å². The van der Waals surface area contributed by atoms with Crippen LogP contribution in [0.25, 0.3) is 0 Å². The van der Waals surface area contributed by atoms with Crippen LogP contribution in [0.15, 0.2) is 17.5 Å². The van der Waals surface area contributed by atoms with Crippen LogP contribution in [0.3, 0.4) is 0 Å². The monoisotopic (exact) mass is 225 g/mol. The summed E-state index contributed by atoms with van der Waals surface area (Å²) in [7, 11) is 1.78. The molecule has 1 aromatic rings. The molecule has 0 aliphatic carbocycles. The SMILES string of the molecule is COCC1(C)CC(c2cccs2)CCN1. The highest BCUT2D eigenvalue weighted by Gasteiger charge is 2.32. The number of rotatable bonds is 3. The van der Waals surface area contributed by atoms with Crippen LogP contribution in [-0.4, -0.2) is 25.8 Å². The molecule has 1 saturated heterocycles. The van der Waals surface area contributed by atoms with Crippen molar-refractivity contribution in [3.63, 3.8) is 0 Å². The third-order valence-electron chi connectivity index (χ3n) is 3.15. The van der Waals surface area contributed by atoms with Gasteiger partial charge in [0.15, 0.2) is 0 Å². The average Bonchev–Trinajstić information content (AvgIpc) is 2.70. The number of hydrogen-bond donors (Lipinski definition) is 1. The van der Waals surface area contributed by atoms with Crippen LogP contribution in [0.4, 0.5) is 0 Å². The molecule has 2 unspecified atom stereocenters. The van der Waals surface area contributed by atoms with Gasteiger partial charge >= 0.3 is 0 Å². The van der Waals surface area contributed by atoms with Crippen LogP contribution in [0.1, 0.15) is 30.6 Å². The molecule has 2 atom stereocenters. The molecule has 1 aliphatic heterocycles. The fourth-order valence-electron chi connectivity index (χ4n) is 2.46. The van der Waals surface area contributed by atoms with Crippen molar-refractivity contribution >= 4 is 11.3 Å². The number of methoxy groups -OCH3 is 1. The van der Waals surface area contributed by atoms with Gasteiger partial charge in [0, 0.05) is 17.5 Å². The number of piperidine rings is 1. The quantitative estimate of drug-likeness (QED) is 0.854. The van der Waals surface area contributed by atoms with E-state index in [1.54, 1.807) is 7.11 Å². The molecule has 84 valence electrons. The molecule has 0 saturated carbocycles. The summed E-state index contributed by atoms with van der Waals surface area (Å²) < 4.78 is 5.29. The second-order valence-corrected chi connectivity index (χ2v) is 5.60. The number of thiophene rings is 1. The Morgan fingerprint density at radius 2 is 2.53 bits per heavy atom. The fourth-order valence-corrected chi connectivity index (χ4v) is 3.33. The van der Waals surface area contributed by atoms with E-state index in [1.165, 1.54) is 17.7 Å². The first-order chi connectivity index (χ1) is 7.23. The second-order valence-electron chi connectivity index (χ2n) is 4.63. The molecule has 0 bridgehead atoms. The molecule has 15 heavy (non-hydrogen) atoms. The van der Waals surface area contributed by atoms with E-state index in [1.807, 2.05) is 11.3 Å². The molecule has 2 nitrogen and oxygen atoms in total. The normalized spacial score (nSPS) is 31.7. The highest BCUT2D eigenvalue weighted by Crippen LogP contribution is 2.34. The summed E-state index contributed by atoms with van der Waals surface area (Å²) in [5.41, 5.74) is 0.154. The van der Waals surface area contributed by atoms with Crippen LogP contribution in [0.5, 0.6) is 0 Å². The molecule has 2 heterocycles. The highest BCUT2D eigenvalue weighted by atomic mass is 32.1. The molecule has 3 heteroatoms. The Bertz CT molecular complexity index is 295. The van der Waals surface area contributed by atoms with Crippen molar-refractivity contribution in [2.75, 3.05) is 20.3 Å². The lowest BCUT2D eigenvalue weighted by Crippen LogP contribution is -2.51. The summed E-state index contributed by atoms with van der Waals surface area (Å²) in [6, 6.07) is 4.41. The lowest BCUT2D eigenvalue weighted by molar-refractivity contribution is 0.0950. The van der Waals surface area contributed by atoms with Crippen molar-refractivity contribution in [1.82, 2.24) is 5.32 Å². The Morgan fingerprint density at radius 1 is 1.67 bits per heavy atom. The number of hydrogen-bond acceptors (Lipinski definition) is 3. The Hall–Kier alpha value is -0.380. The second kappa shape index (κ2) is 4.64. The summed E-state index contributed by atoms with van der Waals surface area (Å²) in [4.78, 5) is 1.53. The van der Waals surface area contributed by atoms with Gasteiger partial charge in [0.2, 0.25) is 0 Å². The van der Waals surface area contributed by atoms with Crippen molar-refractivity contribution in [3.8, 4) is 0 Å². The van der Waals surface area contributed by atoms with Gasteiger partial charge in [-0.25, -0.2) is 0 Å². The first-order valence-electron chi connectivity index (χ1n) is 5.51. The van der Waals surface area contributed by atoms with Crippen molar-refractivity contribution in [2.45, 2.75) is 31.2 Å². The van der Waals surface area contributed by atoms with Gasteiger partial charge in [0.1, 0.15) is 0 Å². The van der Waals surface area contributed by atoms with Gasteiger partial charge in [-0.1, -0.05) is 6.07 Å². The third kappa shape index (κ3) is 2.60. The zero-order chi connectivity index (χ0) is 10.7. The largest absolute Gasteiger partial charge is 0.383 e. The van der Waals surface area contributed by atoms with Crippen molar-refractivity contribution < 1.29 is 4.74 Å². The maximum Gasteiger partial charge on any atom is 0.0642 e. The lowest BCUT2D eigenvalue weighted by Gasteiger charge is -2.38. The van der Waals surface area contributed by atoms with E-state index in [4.69, 9.17) is 4.74 Å². The summed E-state index contributed by atoms with van der Waals surface area (Å²) in [5.74, 6) is 0.714. The van der Waals surface area contributed by atoms with Gasteiger partial charge in [-0.15, -0.1) is 11.3 Å². The maximum absolute atomic E-state index is 5.29. The molecular weight excluding hydrogens is 206 g/mol. The van der Waals surface area contributed by atoms with Gasteiger partial charge in [-0.05, 0) is 43.7 Å². The predicted molar refractivity (Wildman–Crippen MR) is 64.6 cm³/mol. The Kier molecular flexibility index (Phi) is 3.44. The number of nitrogens with one attached hydrogen (secondary N) is 1. The first kappa shape index (κ1) is 11.1. The Labute approximate surface area is 95.6 Å². The molecule has 1 aromatic heterocycles. The van der Waals surface area contributed by atoms with Crippen molar-refractivity contribution in [2.24, 2.45) is 0 Å². The maximum atomic E-state index is 5.29. The summed E-state index contributed by atoms with van der Waals surface area (Å²) in [6.07, 6.45) is 2.43. The highest BCUT2D eigenvalue weighted by molar-refractivity contribution is 7.10. The van der Waals surface area contributed by atoms with Gasteiger partial charge in [0.25, 0.3) is 0 Å². The molecule has 1 fully saturated rings. The van der Waals surface area contributed by atoms with E-state index in [0.29, 0.717) is 5.92 Å². The molecular formula is C12H19NOS. The van der Waals surface area contributed by atoms with Crippen LogP contribution >= 0.6 is 11.3 Å². The van der Waals surface area contributed by atoms with Gasteiger partial charge in [-0.3, -0.25) is 0 Å². The Morgan fingerprint density at radius 3 is 3.20 bits per heavy atom. The van der Waals surface area contributed by atoms with Gasteiger partial charge in [0.05, 0.1) is 6.61 Å². The first-order valence-corrected chi connectivity index (χ1v) is 6.39. The zero-order valence-electron chi connectivity index (χ0n) is 9.45. The minimum Gasteiger partial charge on any atom is -0.383 e.